The van der Waals surface area contributed by atoms with E-state index in [0.717, 1.165) is 26.1 Å². The molecule has 0 spiro atoms. The average molecular weight is 321 g/mol. The fourth-order valence-corrected chi connectivity index (χ4v) is 2.95. The van der Waals surface area contributed by atoms with E-state index in [1.807, 2.05) is 6.07 Å². The molecule has 0 bridgehead atoms. The van der Waals surface area contributed by atoms with Gasteiger partial charge in [0.05, 0.1) is 12.8 Å². The van der Waals surface area contributed by atoms with Crippen molar-refractivity contribution in [3.05, 3.63) is 24.2 Å². The molecule has 1 atom stereocenters. The molecule has 1 aliphatic rings. The van der Waals surface area contributed by atoms with Crippen LogP contribution in [-0.2, 0) is 16.1 Å². The van der Waals surface area contributed by atoms with Crippen molar-refractivity contribution in [1.29, 1.82) is 0 Å². The lowest BCUT2D eigenvalue weighted by Crippen LogP contribution is -2.44. The molecule has 6 nitrogen and oxygen atoms in total. The van der Waals surface area contributed by atoms with Crippen molar-refractivity contribution in [3.63, 3.8) is 0 Å². The average Bonchev–Trinajstić information content (AvgIpc) is 3.19. The highest BCUT2D eigenvalue weighted by Crippen LogP contribution is 2.21. The zero-order chi connectivity index (χ0) is 16.7. The molecule has 0 saturated carbocycles. The first-order chi connectivity index (χ1) is 11.2. The van der Waals surface area contributed by atoms with Gasteiger partial charge in [0.1, 0.15) is 11.8 Å². The third kappa shape index (κ3) is 4.82. The molecule has 23 heavy (non-hydrogen) atoms. The van der Waals surface area contributed by atoms with E-state index >= 15 is 0 Å². The third-order valence-corrected chi connectivity index (χ3v) is 4.38. The maximum Gasteiger partial charge on any atom is 0.242 e. The first-order valence-electron chi connectivity index (χ1n) is 8.47. The maximum absolute atomic E-state index is 12.4. The van der Waals surface area contributed by atoms with E-state index in [0.29, 0.717) is 31.7 Å². The number of nitrogens with one attached hydrogen (secondary N) is 1. The summed E-state index contributed by atoms with van der Waals surface area (Å²) in [7, 11) is 0. The van der Waals surface area contributed by atoms with Crippen molar-refractivity contribution in [3.8, 4) is 0 Å². The number of hydrogen-bond acceptors (Lipinski definition) is 4. The van der Waals surface area contributed by atoms with Gasteiger partial charge in [-0.1, -0.05) is 13.8 Å². The Balaban J connectivity index is 1.79. The van der Waals surface area contributed by atoms with E-state index in [1.54, 1.807) is 17.2 Å². The molecule has 0 aliphatic carbocycles. The Morgan fingerprint density at radius 2 is 2.22 bits per heavy atom. The zero-order valence-corrected chi connectivity index (χ0v) is 14.1. The summed E-state index contributed by atoms with van der Waals surface area (Å²) in [5, 5.41) is 2.97. The molecule has 2 amide bonds. The van der Waals surface area contributed by atoms with Gasteiger partial charge in [0.2, 0.25) is 11.8 Å². The number of furan rings is 1. The van der Waals surface area contributed by atoms with Crippen LogP contribution in [0.15, 0.2) is 22.8 Å². The Labute approximate surface area is 137 Å². The van der Waals surface area contributed by atoms with Gasteiger partial charge in [-0.2, -0.15) is 0 Å². The standard InChI is InChI=1S/C17H27N3O3/c1-3-19(4-2)11-6-10-18-17(22)15-8-9-16(21)20(15)13-14-7-5-12-23-14/h5,7,12,15H,3-4,6,8-11,13H2,1-2H3,(H,18,22)/t15-/m0/s1. The van der Waals surface area contributed by atoms with Gasteiger partial charge in [0.15, 0.2) is 0 Å². The lowest BCUT2D eigenvalue weighted by Gasteiger charge is -2.23. The molecule has 1 fully saturated rings. The molecule has 2 heterocycles. The quantitative estimate of drug-likeness (QED) is 0.702. The minimum Gasteiger partial charge on any atom is -0.467 e. The first kappa shape index (κ1) is 17.5. The summed E-state index contributed by atoms with van der Waals surface area (Å²) in [6.45, 7) is 8.32. The highest BCUT2D eigenvalue weighted by molar-refractivity contribution is 5.90. The predicted molar refractivity (Wildman–Crippen MR) is 87.7 cm³/mol. The Bertz CT molecular complexity index is 497. The molecule has 128 valence electrons. The number of amides is 2. The van der Waals surface area contributed by atoms with Crippen molar-refractivity contribution in [1.82, 2.24) is 15.1 Å². The highest BCUT2D eigenvalue weighted by atomic mass is 16.3. The molecule has 0 aromatic carbocycles. The second kappa shape index (κ2) is 8.72. The Kier molecular flexibility index (Phi) is 6.65. The van der Waals surface area contributed by atoms with Crippen LogP contribution in [0.5, 0.6) is 0 Å². The van der Waals surface area contributed by atoms with Gasteiger partial charge in [-0.25, -0.2) is 0 Å². The topological polar surface area (TPSA) is 65.8 Å². The van der Waals surface area contributed by atoms with Crippen LogP contribution in [0.25, 0.3) is 0 Å². The first-order valence-corrected chi connectivity index (χ1v) is 8.47. The Morgan fingerprint density at radius 3 is 2.87 bits per heavy atom. The van der Waals surface area contributed by atoms with E-state index in [2.05, 4.69) is 24.1 Å². The molecule has 0 radical (unpaired) electrons. The van der Waals surface area contributed by atoms with Crippen LogP contribution in [0, 0.1) is 0 Å². The van der Waals surface area contributed by atoms with Crippen LogP contribution in [-0.4, -0.2) is 53.8 Å². The van der Waals surface area contributed by atoms with E-state index in [9.17, 15) is 9.59 Å². The summed E-state index contributed by atoms with van der Waals surface area (Å²) in [5.74, 6) is 0.672. The van der Waals surface area contributed by atoms with Crippen molar-refractivity contribution < 1.29 is 14.0 Å². The van der Waals surface area contributed by atoms with Gasteiger partial charge < -0.3 is 19.5 Å². The lowest BCUT2D eigenvalue weighted by molar-refractivity contribution is -0.136. The molecule has 1 saturated heterocycles. The molecule has 2 rings (SSSR count). The third-order valence-electron chi connectivity index (χ3n) is 4.38. The van der Waals surface area contributed by atoms with Gasteiger partial charge in [-0.3, -0.25) is 9.59 Å². The highest BCUT2D eigenvalue weighted by Gasteiger charge is 2.36. The molecular formula is C17H27N3O3. The SMILES string of the molecule is CCN(CC)CCCNC(=O)[C@@H]1CCC(=O)N1Cc1ccco1. The van der Waals surface area contributed by atoms with Crippen molar-refractivity contribution in [2.24, 2.45) is 0 Å². The monoisotopic (exact) mass is 321 g/mol. The molecule has 0 unspecified atom stereocenters. The molecule has 1 aromatic heterocycles. The summed E-state index contributed by atoms with van der Waals surface area (Å²) in [5.41, 5.74) is 0. The molecule has 1 aliphatic heterocycles. The summed E-state index contributed by atoms with van der Waals surface area (Å²) in [6, 6.07) is 3.24. The van der Waals surface area contributed by atoms with Gasteiger partial charge in [0, 0.05) is 13.0 Å². The molecule has 1 N–H and O–H groups in total. The summed E-state index contributed by atoms with van der Waals surface area (Å²) < 4.78 is 5.29. The van der Waals surface area contributed by atoms with Gasteiger partial charge in [-0.15, -0.1) is 0 Å². The normalized spacial score (nSPS) is 18.0. The summed E-state index contributed by atoms with van der Waals surface area (Å²) in [6.07, 6.45) is 3.52. The van der Waals surface area contributed by atoms with Gasteiger partial charge in [0.25, 0.3) is 0 Å². The fraction of sp³-hybridized carbons (Fsp3) is 0.647. The Morgan fingerprint density at radius 1 is 1.43 bits per heavy atom. The van der Waals surface area contributed by atoms with Crippen molar-refractivity contribution >= 4 is 11.8 Å². The number of rotatable bonds is 9. The Hall–Kier alpha value is -1.82. The minimum absolute atomic E-state index is 0.0182. The van der Waals surface area contributed by atoms with Crippen LogP contribution in [0.4, 0.5) is 0 Å². The van der Waals surface area contributed by atoms with E-state index in [-0.39, 0.29) is 17.9 Å². The second-order valence-corrected chi connectivity index (χ2v) is 5.83. The molecule has 1 aromatic rings. The fourth-order valence-electron chi connectivity index (χ4n) is 2.95. The zero-order valence-electron chi connectivity index (χ0n) is 14.1. The molecule has 6 heteroatoms. The van der Waals surface area contributed by atoms with Crippen LogP contribution >= 0.6 is 0 Å². The van der Waals surface area contributed by atoms with E-state index in [4.69, 9.17) is 4.42 Å². The van der Waals surface area contributed by atoms with Crippen LogP contribution in [0.3, 0.4) is 0 Å². The van der Waals surface area contributed by atoms with E-state index < -0.39 is 0 Å². The van der Waals surface area contributed by atoms with Crippen LogP contribution < -0.4 is 5.32 Å². The summed E-state index contributed by atoms with van der Waals surface area (Å²) >= 11 is 0. The maximum atomic E-state index is 12.4. The number of carbonyl (C=O) groups is 2. The largest absolute Gasteiger partial charge is 0.467 e. The molecular weight excluding hydrogens is 294 g/mol. The minimum atomic E-state index is -0.374. The lowest BCUT2D eigenvalue weighted by atomic mass is 10.2. The van der Waals surface area contributed by atoms with Gasteiger partial charge in [-0.05, 0) is 44.6 Å². The van der Waals surface area contributed by atoms with Gasteiger partial charge >= 0.3 is 0 Å². The predicted octanol–water partition coefficient (Wildman–Crippen LogP) is 1.62. The van der Waals surface area contributed by atoms with Crippen molar-refractivity contribution in [2.75, 3.05) is 26.2 Å². The number of carbonyl (C=O) groups excluding carboxylic acids is 2. The second-order valence-electron chi connectivity index (χ2n) is 5.83. The smallest absolute Gasteiger partial charge is 0.242 e. The number of nitrogens with zero attached hydrogens (tertiary/aromatic N) is 2. The number of hydrogen-bond donors (Lipinski definition) is 1. The van der Waals surface area contributed by atoms with Crippen LogP contribution in [0.2, 0.25) is 0 Å². The van der Waals surface area contributed by atoms with Crippen LogP contribution in [0.1, 0.15) is 38.9 Å². The number of likely N-dealkylation sites (tertiary alicyclic amines) is 1. The summed E-state index contributed by atoms with van der Waals surface area (Å²) in [4.78, 5) is 28.3. The van der Waals surface area contributed by atoms with Crippen molar-refractivity contribution in [2.45, 2.75) is 45.7 Å². The van der Waals surface area contributed by atoms with E-state index in [1.165, 1.54) is 0 Å².